The third-order valence-corrected chi connectivity index (χ3v) is 1.78. The van der Waals surface area contributed by atoms with Gasteiger partial charge in [0.15, 0.2) is 6.04 Å². The van der Waals surface area contributed by atoms with Crippen LogP contribution < -0.4 is 0 Å². The SMILES string of the molecule is COC(=O)[C@@H]1C=CC=CN1C(=O)OC. The molecule has 0 aromatic rings. The van der Waals surface area contributed by atoms with Gasteiger partial charge >= 0.3 is 12.1 Å². The first-order chi connectivity index (χ1) is 6.70. The Hall–Kier alpha value is -1.78. The second-order valence-corrected chi connectivity index (χ2v) is 2.57. The molecule has 0 saturated heterocycles. The number of rotatable bonds is 1. The topological polar surface area (TPSA) is 55.8 Å². The van der Waals surface area contributed by atoms with Crippen LogP contribution in [0.2, 0.25) is 0 Å². The molecular weight excluding hydrogens is 186 g/mol. The van der Waals surface area contributed by atoms with Gasteiger partial charge in [-0.05, 0) is 6.08 Å². The molecule has 0 radical (unpaired) electrons. The third kappa shape index (κ3) is 1.93. The van der Waals surface area contributed by atoms with Gasteiger partial charge in [-0.2, -0.15) is 0 Å². The monoisotopic (exact) mass is 197 g/mol. The van der Waals surface area contributed by atoms with Crippen molar-refractivity contribution in [1.29, 1.82) is 0 Å². The summed E-state index contributed by atoms with van der Waals surface area (Å²) >= 11 is 0. The molecule has 1 heterocycles. The summed E-state index contributed by atoms with van der Waals surface area (Å²) in [6.45, 7) is 0. The first kappa shape index (κ1) is 10.3. The van der Waals surface area contributed by atoms with E-state index in [4.69, 9.17) is 0 Å². The highest BCUT2D eigenvalue weighted by Gasteiger charge is 2.28. The van der Waals surface area contributed by atoms with E-state index < -0.39 is 18.1 Å². The van der Waals surface area contributed by atoms with Gasteiger partial charge in [0, 0.05) is 6.20 Å². The largest absolute Gasteiger partial charge is 0.467 e. The molecule has 0 bridgehead atoms. The number of nitrogens with zero attached hydrogens (tertiary/aromatic N) is 1. The zero-order valence-corrected chi connectivity index (χ0v) is 7.97. The van der Waals surface area contributed by atoms with Crippen LogP contribution >= 0.6 is 0 Å². The number of methoxy groups -OCH3 is 2. The highest BCUT2D eigenvalue weighted by molar-refractivity contribution is 5.84. The Morgan fingerprint density at radius 1 is 1.21 bits per heavy atom. The van der Waals surface area contributed by atoms with Crippen molar-refractivity contribution in [2.24, 2.45) is 0 Å². The molecule has 0 aromatic heterocycles. The fourth-order valence-corrected chi connectivity index (χ4v) is 1.09. The van der Waals surface area contributed by atoms with Crippen LogP contribution in [0, 0.1) is 0 Å². The molecule has 0 aromatic carbocycles. The van der Waals surface area contributed by atoms with Crippen molar-refractivity contribution >= 4 is 12.1 Å². The van der Waals surface area contributed by atoms with Crippen LogP contribution in [0.4, 0.5) is 4.79 Å². The Bertz CT molecular complexity index is 265. The summed E-state index contributed by atoms with van der Waals surface area (Å²) in [5, 5.41) is 0. The van der Waals surface area contributed by atoms with Gasteiger partial charge in [-0.25, -0.2) is 9.59 Å². The fourth-order valence-electron chi connectivity index (χ4n) is 1.09. The van der Waals surface area contributed by atoms with Gasteiger partial charge in [-0.1, -0.05) is 12.2 Å². The molecule has 1 aliphatic heterocycles. The molecule has 0 unspecified atom stereocenters. The molecule has 76 valence electrons. The van der Waals surface area contributed by atoms with Crippen LogP contribution in [-0.4, -0.2) is 37.2 Å². The van der Waals surface area contributed by atoms with Crippen molar-refractivity contribution < 1.29 is 19.1 Å². The predicted octanol–water partition coefficient (Wildman–Crippen LogP) is 0.680. The Kier molecular flexibility index (Phi) is 3.28. The van der Waals surface area contributed by atoms with E-state index >= 15 is 0 Å². The van der Waals surface area contributed by atoms with E-state index in [9.17, 15) is 9.59 Å². The predicted molar refractivity (Wildman–Crippen MR) is 48.3 cm³/mol. The number of hydrogen-bond donors (Lipinski definition) is 0. The summed E-state index contributed by atoms with van der Waals surface area (Å²) < 4.78 is 9.05. The van der Waals surface area contributed by atoms with Gasteiger partial charge < -0.3 is 9.47 Å². The fraction of sp³-hybridized carbons (Fsp3) is 0.333. The van der Waals surface area contributed by atoms with Crippen LogP contribution in [0.1, 0.15) is 0 Å². The molecule has 0 aliphatic carbocycles. The van der Waals surface area contributed by atoms with Gasteiger partial charge in [0.1, 0.15) is 0 Å². The molecule has 1 rings (SSSR count). The number of ether oxygens (including phenoxy) is 2. The highest BCUT2D eigenvalue weighted by Crippen LogP contribution is 2.11. The quantitative estimate of drug-likeness (QED) is 0.580. The minimum atomic E-state index is -0.738. The van der Waals surface area contributed by atoms with Gasteiger partial charge in [0.05, 0.1) is 14.2 Å². The second-order valence-electron chi connectivity index (χ2n) is 2.57. The van der Waals surface area contributed by atoms with Crippen LogP contribution in [0.5, 0.6) is 0 Å². The molecule has 5 nitrogen and oxygen atoms in total. The maximum absolute atomic E-state index is 11.2. The maximum Gasteiger partial charge on any atom is 0.414 e. The number of allylic oxidation sites excluding steroid dienone is 2. The molecule has 1 amide bonds. The van der Waals surface area contributed by atoms with Crippen molar-refractivity contribution in [2.45, 2.75) is 6.04 Å². The van der Waals surface area contributed by atoms with E-state index in [0.717, 1.165) is 4.90 Å². The average Bonchev–Trinajstić information content (AvgIpc) is 2.27. The second kappa shape index (κ2) is 4.45. The lowest BCUT2D eigenvalue weighted by molar-refractivity contribution is -0.143. The van der Waals surface area contributed by atoms with E-state index in [1.807, 2.05) is 0 Å². The van der Waals surface area contributed by atoms with Crippen molar-refractivity contribution in [3.8, 4) is 0 Å². The molecule has 0 fully saturated rings. The van der Waals surface area contributed by atoms with Gasteiger partial charge in [-0.15, -0.1) is 0 Å². The van der Waals surface area contributed by atoms with Crippen LogP contribution in [0.15, 0.2) is 24.4 Å². The number of carbonyl (C=O) groups is 2. The molecule has 0 saturated carbocycles. The Labute approximate surface area is 81.6 Å². The first-order valence-corrected chi connectivity index (χ1v) is 4.00. The summed E-state index contributed by atoms with van der Waals surface area (Å²) in [6, 6.07) is -0.738. The lowest BCUT2D eigenvalue weighted by atomic mass is 10.2. The molecule has 0 spiro atoms. The van der Waals surface area contributed by atoms with Crippen molar-refractivity contribution in [2.75, 3.05) is 14.2 Å². The summed E-state index contributed by atoms with van der Waals surface area (Å²) in [6.07, 6.45) is 5.73. The van der Waals surface area contributed by atoms with Crippen LogP contribution in [-0.2, 0) is 14.3 Å². The molecule has 1 atom stereocenters. The molecule has 5 heteroatoms. The van der Waals surface area contributed by atoms with Gasteiger partial charge in [0.2, 0.25) is 0 Å². The normalized spacial score (nSPS) is 19.3. The number of hydrogen-bond acceptors (Lipinski definition) is 4. The minimum absolute atomic E-state index is 0.504. The summed E-state index contributed by atoms with van der Waals surface area (Å²) in [7, 11) is 2.52. The van der Waals surface area contributed by atoms with E-state index in [1.165, 1.54) is 20.4 Å². The Morgan fingerprint density at radius 2 is 1.93 bits per heavy atom. The van der Waals surface area contributed by atoms with E-state index in [0.29, 0.717) is 0 Å². The van der Waals surface area contributed by atoms with Crippen molar-refractivity contribution in [1.82, 2.24) is 4.90 Å². The van der Waals surface area contributed by atoms with Crippen molar-refractivity contribution in [3.05, 3.63) is 24.4 Å². The van der Waals surface area contributed by atoms with Crippen molar-refractivity contribution in [3.63, 3.8) is 0 Å². The standard InChI is InChI=1S/C9H11NO4/c1-13-8(11)7-5-3-4-6-10(7)9(12)14-2/h3-7H,1-2H3/t7-/m0/s1. The number of amides is 1. The third-order valence-electron chi connectivity index (χ3n) is 1.78. The van der Waals surface area contributed by atoms with E-state index in [2.05, 4.69) is 9.47 Å². The van der Waals surface area contributed by atoms with Gasteiger partial charge in [0.25, 0.3) is 0 Å². The molecule has 1 aliphatic rings. The first-order valence-electron chi connectivity index (χ1n) is 4.00. The van der Waals surface area contributed by atoms with E-state index in [1.54, 1.807) is 18.2 Å². The minimum Gasteiger partial charge on any atom is -0.467 e. The Morgan fingerprint density at radius 3 is 2.50 bits per heavy atom. The zero-order chi connectivity index (χ0) is 10.6. The van der Waals surface area contributed by atoms with Crippen LogP contribution in [0.25, 0.3) is 0 Å². The number of esters is 1. The molecule has 0 N–H and O–H groups in total. The highest BCUT2D eigenvalue weighted by atomic mass is 16.5. The summed E-state index contributed by atoms with van der Waals surface area (Å²) in [5.74, 6) is -0.504. The van der Waals surface area contributed by atoms with Gasteiger partial charge in [-0.3, -0.25) is 4.90 Å². The lowest BCUT2D eigenvalue weighted by Crippen LogP contribution is -2.41. The summed E-state index contributed by atoms with van der Waals surface area (Å²) in [4.78, 5) is 23.6. The Balaban J connectivity index is 2.81. The lowest BCUT2D eigenvalue weighted by Gasteiger charge is -2.24. The van der Waals surface area contributed by atoms with Crippen LogP contribution in [0.3, 0.4) is 0 Å². The van der Waals surface area contributed by atoms with E-state index in [-0.39, 0.29) is 0 Å². The molecule has 14 heavy (non-hydrogen) atoms. The summed E-state index contributed by atoms with van der Waals surface area (Å²) in [5.41, 5.74) is 0. The molecular formula is C9H11NO4. The smallest absolute Gasteiger partial charge is 0.414 e. The maximum atomic E-state index is 11.2. The average molecular weight is 197 g/mol. The number of carbonyl (C=O) groups excluding carboxylic acids is 2. The zero-order valence-electron chi connectivity index (χ0n) is 7.97.